The molecule has 1 rings (SSSR count). The molecular formula is C8HF15O2. The van der Waals surface area contributed by atoms with Gasteiger partial charge < -0.3 is 9.84 Å². The Bertz CT molecular complexity index is 540. The molecule has 0 saturated carbocycles. The standard InChI is InChI=1S/C8HF15O2/c9-3(10,7(18,19)20)1(24,5(12,13)14)2(6(15,16)17)4(11,25-2)8(21,22)23/h24H. The third kappa shape index (κ3) is 2.30. The molecule has 0 aromatic rings. The molecular weight excluding hydrogens is 413 g/mol. The fraction of sp³-hybridized carbons (Fsp3) is 1.00. The second kappa shape index (κ2) is 4.77. The van der Waals surface area contributed by atoms with Gasteiger partial charge in [-0.25, -0.2) is 0 Å². The first-order valence-corrected chi connectivity index (χ1v) is 5.22. The molecule has 0 radical (unpaired) electrons. The Morgan fingerprint density at radius 3 is 1.12 bits per heavy atom. The van der Waals surface area contributed by atoms with Crippen LogP contribution >= 0.6 is 0 Å². The second-order valence-corrected chi connectivity index (χ2v) is 4.65. The molecule has 0 aromatic heterocycles. The van der Waals surface area contributed by atoms with Crippen LogP contribution in [0.25, 0.3) is 0 Å². The van der Waals surface area contributed by atoms with Crippen molar-refractivity contribution in [3.05, 3.63) is 0 Å². The minimum atomic E-state index is -7.95. The van der Waals surface area contributed by atoms with Crippen LogP contribution in [0, 0.1) is 0 Å². The van der Waals surface area contributed by atoms with Gasteiger partial charge in [-0.3, -0.25) is 0 Å². The summed E-state index contributed by atoms with van der Waals surface area (Å²) in [5.74, 6) is -14.7. The predicted octanol–water partition coefficient (Wildman–Crippen LogP) is 4.04. The molecule has 1 aliphatic rings. The number of aliphatic hydroxyl groups is 1. The minimum Gasteiger partial charge on any atom is -0.373 e. The number of ether oxygens (including phenoxy) is 1. The highest BCUT2D eigenvalue weighted by Gasteiger charge is 3.08. The van der Waals surface area contributed by atoms with Gasteiger partial charge in [0, 0.05) is 0 Å². The highest BCUT2D eigenvalue weighted by atomic mass is 19.4. The first-order valence-electron chi connectivity index (χ1n) is 5.22. The molecule has 2 nitrogen and oxygen atoms in total. The van der Waals surface area contributed by atoms with Crippen molar-refractivity contribution in [2.24, 2.45) is 0 Å². The van der Waals surface area contributed by atoms with Crippen molar-refractivity contribution in [2.75, 3.05) is 0 Å². The molecule has 150 valence electrons. The zero-order valence-electron chi connectivity index (χ0n) is 10.5. The van der Waals surface area contributed by atoms with E-state index in [0.717, 1.165) is 0 Å². The van der Waals surface area contributed by atoms with E-state index in [4.69, 9.17) is 5.11 Å². The molecule has 1 N–H and O–H groups in total. The van der Waals surface area contributed by atoms with Gasteiger partial charge in [-0.2, -0.15) is 65.9 Å². The Morgan fingerprint density at radius 2 is 0.960 bits per heavy atom. The number of alkyl halides is 15. The predicted molar refractivity (Wildman–Crippen MR) is 41.8 cm³/mol. The lowest BCUT2D eigenvalue weighted by Crippen LogP contribution is -2.77. The average molecular weight is 414 g/mol. The monoisotopic (exact) mass is 414 g/mol. The van der Waals surface area contributed by atoms with E-state index in [1.807, 2.05) is 0 Å². The summed E-state index contributed by atoms with van der Waals surface area (Å²) in [5.41, 5.74) is -14.7. The van der Waals surface area contributed by atoms with E-state index in [0.29, 0.717) is 0 Å². The van der Waals surface area contributed by atoms with Crippen LogP contribution in [0.3, 0.4) is 0 Å². The van der Waals surface area contributed by atoms with E-state index >= 15 is 0 Å². The van der Waals surface area contributed by atoms with Gasteiger partial charge in [0.15, 0.2) is 0 Å². The molecule has 0 aromatic carbocycles. The Hall–Kier alpha value is -1.13. The number of rotatable bonds is 2. The van der Waals surface area contributed by atoms with Crippen LogP contribution in [-0.2, 0) is 4.74 Å². The topological polar surface area (TPSA) is 32.8 Å². The van der Waals surface area contributed by atoms with E-state index in [-0.39, 0.29) is 0 Å². The quantitative estimate of drug-likeness (QED) is 0.547. The average Bonchev–Trinajstić information content (AvgIpc) is 2.93. The third-order valence-electron chi connectivity index (χ3n) is 3.20. The van der Waals surface area contributed by atoms with E-state index in [9.17, 15) is 65.9 Å². The Morgan fingerprint density at radius 1 is 0.600 bits per heavy atom. The normalized spacial score (nSPS) is 31.7. The van der Waals surface area contributed by atoms with Crippen LogP contribution in [0.5, 0.6) is 0 Å². The molecule has 3 unspecified atom stereocenters. The van der Waals surface area contributed by atoms with Gasteiger partial charge in [-0.05, 0) is 0 Å². The van der Waals surface area contributed by atoms with Crippen molar-refractivity contribution in [1.82, 2.24) is 0 Å². The molecule has 1 fully saturated rings. The zero-order chi connectivity index (χ0) is 20.7. The summed E-state index contributed by atoms with van der Waals surface area (Å²) in [4.78, 5) is 0. The molecule has 17 heteroatoms. The van der Waals surface area contributed by atoms with Crippen molar-refractivity contribution in [3.8, 4) is 0 Å². The molecule has 1 heterocycles. The lowest BCUT2D eigenvalue weighted by molar-refractivity contribution is -0.438. The van der Waals surface area contributed by atoms with Crippen LogP contribution in [0.2, 0.25) is 0 Å². The first kappa shape index (κ1) is 21.9. The Kier molecular flexibility index (Phi) is 4.18. The summed E-state index contributed by atoms with van der Waals surface area (Å²) in [5, 5.41) is 8.66. The summed E-state index contributed by atoms with van der Waals surface area (Å²) in [6, 6.07) is 0. The van der Waals surface area contributed by atoms with Gasteiger partial charge in [0.1, 0.15) is 0 Å². The van der Waals surface area contributed by atoms with Gasteiger partial charge in [0.2, 0.25) is 0 Å². The number of halogens is 15. The molecule has 3 atom stereocenters. The molecule has 1 saturated heterocycles. The van der Waals surface area contributed by atoms with Gasteiger partial charge in [0.25, 0.3) is 11.2 Å². The fourth-order valence-electron chi connectivity index (χ4n) is 2.00. The maximum Gasteiger partial charge on any atom is 0.456 e. The highest BCUT2D eigenvalue weighted by Crippen LogP contribution is 2.74. The second-order valence-electron chi connectivity index (χ2n) is 4.65. The molecule has 0 spiro atoms. The van der Waals surface area contributed by atoms with Crippen molar-refractivity contribution in [3.63, 3.8) is 0 Å². The molecule has 0 aliphatic carbocycles. The third-order valence-corrected chi connectivity index (χ3v) is 3.20. The SMILES string of the molecule is OC(C(F)(F)F)(C(F)(F)C(F)(F)F)C1(C(F)(F)F)OC1(F)C(F)(F)F. The van der Waals surface area contributed by atoms with Gasteiger partial charge >= 0.3 is 36.5 Å². The van der Waals surface area contributed by atoms with Crippen LogP contribution < -0.4 is 0 Å². The fourth-order valence-corrected chi connectivity index (χ4v) is 2.00. The molecule has 25 heavy (non-hydrogen) atoms. The Balaban J connectivity index is 3.94. The smallest absolute Gasteiger partial charge is 0.373 e. The summed E-state index contributed by atoms with van der Waals surface area (Å²) in [6.07, 6.45) is -30.1. The number of epoxide rings is 1. The van der Waals surface area contributed by atoms with E-state index in [1.54, 1.807) is 0 Å². The van der Waals surface area contributed by atoms with Crippen molar-refractivity contribution >= 4 is 0 Å². The summed E-state index contributed by atoms with van der Waals surface area (Å²) in [6.45, 7) is 0. The van der Waals surface area contributed by atoms with Crippen LogP contribution in [0.4, 0.5) is 65.9 Å². The minimum absolute atomic E-state index is 2.13. The van der Waals surface area contributed by atoms with Gasteiger partial charge in [0.05, 0.1) is 0 Å². The molecule has 1 aliphatic heterocycles. The van der Waals surface area contributed by atoms with E-state index < -0.39 is 47.7 Å². The van der Waals surface area contributed by atoms with Crippen LogP contribution in [0.1, 0.15) is 0 Å². The zero-order valence-corrected chi connectivity index (χ0v) is 10.5. The van der Waals surface area contributed by atoms with E-state index in [1.165, 1.54) is 0 Å². The molecule has 0 amide bonds. The maximum atomic E-state index is 13.3. The largest absolute Gasteiger partial charge is 0.456 e. The van der Waals surface area contributed by atoms with Crippen LogP contribution in [0.15, 0.2) is 0 Å². The van der Waals surface area contributed by atoms with E-state index in [2.05, 4.69) is 4.74 Å². The van der Waals surface area contributed by atoms with Crippen LogP contribution in [-0.4, -0.2) is 52.8 Å². The van der Waals surface area contributed by atoms with Gasteiger partial charge in [-0.1, -0.05) is 0 Å². The molecule has 0 bridgehead atoms. The number of hydrogen-bond donors (Lipinski definition) is 1. The highest BCUT2D eigenvalue weighted by molar-refractivity contribution is 5.32. The Labute approximate surface area is 125 Å². The van der Waals surface area contributed by atoms with Crippen molar-refractivity contribution in [1.29, 1.82) is 0 Å². The summed E-state index contributed by atoms with van der Waals surface area (Å²) in [7, 11) is 0. The first-order chi connectivity index (χ1) is 10.5. The maximum absolute atomic E-state index is 13.3. The summed E-state index contributed by atoms with van der Waals surface area (Å²) >= 11 is 0. The summed E-state index contributed by atoms with van der Waals surface area (Å²) < 4.78 is 190. The lowest BCUT2D eigenvalue weighted by Gasteiger charge is -2.42. The number of hydrogen-bond acceptors (Lipinski definition) is 2. The van der Waals surface area contributed by atoms with Crippen molar-refractivity contribution in [2.45, 2.75) is 47.7 Å². The lowest BCUT2D eigenvalue weighted by atomic mass is 9.76. The van der Waals surface area contributed by atoms with Gasteiger partial charge in [-0.15, -0.1) is 0 Å². The van der Waals surface area contributed by atoms with Crippen molar-refractivity contribution < 1.29 is 75.7 Å².